The van der Waals surface area contributed by atoms with Crippen LogP contribution in [0, 0.1) is 5.92 Å². The van der Waals surface area contributed by atoms with Gasteiger partial charge in [-0.2, -0.15) is 0 Å². The molecule has 1 unspecified atom stereocenters. The molecule has 1 aromatic carbocycles. The molecule has 0 saturated carbocycles. The average Bonchev–Trinajstić information content (AvgIpc) is 2.75. The molecule has 5 heteroatoms. The molecule has 0 aliphatic carbocycles. The molecule has 1 N–H and O–H groups in total. The molecule has 0 radical (unpaired) electrons. The van der Waals surface area contributed by atoms with E-state index in [1.165, 1.54) is 13.8 Å². The van der Waals surface area contributed by atoms with Crippen molar-refractivity contribution in [2.24, 2.45) is 5.92 Å². The quantitative estimate of drug-likeness (QED) is 0.683. The number of aliphatic hydroxyl groups is 1. The van der Waals surface area contributed by atoms with E-state index in [0.29, 0.717) is 28.8 Å². The summed E-state index contributed by atoms with van der Waals surface area (Å²) in [5.74, 6) is -0.820. The van der Waals surface area contributed by atoms with E-state index in [-0.39, 0.29) is 30.1 Å². The number of rotatable bonds is 4. The van der Waals surface area contributed by atoms with Crippen LogP contribution in [0.4, 0.5) is 5.69 Å². The fraction of sp³-hybridized carbons (Fsp3) is 0.353. The molecule has 2 rings (SSSR count). The molecule has 1 atom stereocenters. The van der Waals surface area contributed by atoms with Crippen molar-refractivity contribution >= 4 is 28.9 Å². The second-order valence-corrected chi connectivity index (χ2v) is 5.59. The molecular formula is C17H19NO4. The van der Waals surface area contributed by atoms with Crippen LogP contribution in [0.5, 0.6) is 0 Å². The van der Waals surface area contributed by atoms with Gasteiger partial charge in [0.05, 0.1) is 5.69 Å². The summed E-state index contributed by atoms with van der Waals surface area (Å²) in [6.07, 6.45) is 2.25. The monoisotopic (exact) mass is 301 g/mol. The summed E-state index contributed by atoms with van der Waals surface area (Å²) < 4.78 is 0. The van der Waals surface area contributed by atoms with Gasteiger partial charge in [0.1, 0.15) is 0 Å². The fourth-order valence-electron chi connectivity index (χ4n) is 2.41. The Hall–Kier alpha value is -2.27. The molecule has 1 aliphatic rings. The Morgan fingerprint density at radius 3 is 2.55 bits per heavy atom. The maximum atomic E-state index is 12.5. The Morgan fingerprint density at radius 2 is 2.00 bits per heavy atom. The second-order valence-electron chi connectivity index (χ2n) is 5.59. The summed E-state index contributed by atoms with van der Waals surface area (Å²) in [6.45, 7) is 4.68. The van der Waals surface area contributed by atoms with Crippen molar-refractivity contribution in [3.63, 3.8) is 0 Å². The van der Waals surface area contributed by atoms with Crippen molar-refractivity contribution < 1.29 is 19.5 Å². The molecule has 2 amide bonds. The van der Waals surface area contributed by atoms with E-state index < -0.39 is 0 Å². The first kappa shape index (κ1) is 16.1. The summed E-state index contributed by atoms with van der Waals surface area (Å²) in [5.41, 5.74) is 2.01. The lowest BCUT2D eigenvalue weighted by atomic mass is 9.99. The SMILES string of the molecule is CC(=O)c1ccc2c(c1)C(=CCC(C)CO)C(=O)N2C(C)=O. The molecule has 116 valence electrons. The zero-order valence-corrected chi connectivity index (χ0v) is 12.9. The second kappa shape index (κ2) is 6.23. The van der Waals surface area contributed by atoms with Gasteiger partial charge < -0.3 is 5.11 Å². The molecule has 1 aliphatic heterocycles. The van der Waals surface area contributed by atoms with E-state index >= 15 is 0 Å². The number of carbonyl (C=O) groups excluding carboxylic acids is 3. The van der Waals surface area contributed by atoms with Gasteiger partial charge in [0.2, 0.25) is 5.91 Å². The number of fused-ring (bicyclic) bond motifs is 1. The number of aliphatic hydroxyl groups excluding tert-OH is 1. The number of amides is 2. The van der Waals surface area contributed by atoms with Crippen molar-refractivity contribution in [2.75, 3.05) is 11.5 Å². The summed E-state index contributed by atoms with van der Waals surface area (Å²) in [6, 6.07) is 4.89. The Kier molecular flexibility index (Phi) is 4.56. The smallest absolute Gasteiger partial charge is 0.265 e. The van der Waals surface area contributed by atoms with Gasteiger partial charge in [-0.3, -0.25) is 14.4 Å². The number of benzene rings is 1. The number of anilines is 1. The van der Waals surface area contributed by atoms with Crippen LogP contribution >= 0.6 is 0 Å². The summed E-state index contributed by atoms with van der Waals surface area (Å²) in [7, 11) is 0. The molecule has 0 fully saturated rings. The number of imide groups is 1. The lowest BCUT2D eigenvalue weighted by Gasteiger charge is -2.12. The Labute approximate surface area is 129 Å². The van der Waals surface area contributed by atoms with E-state index in [4.69, 9.17) is 5.11 Å². The van der Waals surface area contributed by atoms with Gasteiger partial charge in [-0.25, -0.2) is 4.90 Å². The van der Waals surface area contributed by atoms with Crippen molar-refractivity contribution in [3.8, 4) is 0 Å². The molecule has 0 bridgehead atoms. The summed E-state index contributed by atoms with van der Waals surface area (Å²) >= 11 is 0. The maximum Gasteiger partial charge on any atom is 0.265 e. The minimum absolute atomic E-state index is 0.0196. The van der Waals surface area contributed by atoms with Crippen LogP contribution in [0.2, 0.25) is 0 Å². The largest absolute Gasteiger partial charge is 0.396 e. The number of nitrogens with zero attached hydrogens (tertiary/aromatic N) is 1. The predicted octanol–water partition coefficient (Wildman–Crippen LogP) is 2.18. The van der Waals surface area contributed by atoms with Crippen molar-refractivity contribution in [3.05, 3.63) is 35.4 Å². The highest BCUT2D eigenvalue weighted by Gasteiger charge is 2.35. The molecular weight excluding hydrogens is 282 g/mol. The van der Waals surface area contributed by atoms with E-state index in [1.807, 2.05) is 6.92 Å². The normalized spacial score (nSPS) is 16.8. The first-order valence-electron chi connectivity index (χ1n) is 7.18. The van der Waals surface area contributed by atoms with Crippen LogP contribution < -0.4 is 4.90 Å². The molecule has 1 aromatic rings. The van der Waals surface area contributed by atoms with Crippen molar-refractivity contribution in [2.45, 2.75) is 27.2 Å². The Balaban J connectivity index is 2.53. The third kappa shape index (κ3) is 2.85. The third-order valence-corrected chi connectivity index (χ3v) is 3.72. The molecule has 0 aromatic heterocycles. The molecule has 0 spiro atoms. The van der Waals surface area contributed by atoms with Crippen LogP contribution in [0.25, 0.3) is 5.57 Å². The van der Waals surface area contributed by atoms with E-state index in [1.54, 1.807) is 24.3 Å². The third-order valence-electron chi connectivity index (χ3n) is 3.72. The van der Waals surface area contributed by atoms with Gasteiger partial charge in [-0.15, -0.1) is 0 Å². The van der Waals surface area contributed by atoms with Gasteiger partial charge in [0.15, 0.2) is 5.78 Å². The maximum absolute atomic E-state index is 12.5. The molecule has 0 saturated heterocycles. The van der Waals surface area contributed by atoms with E-state index in [9.17, 15) is 14.4 Å². The fourth-order valence-corrected chi connectivity index (χ4v) is 2.41. The van der Waals surface area contributed by atoms with Gasteiger partial charge in [0, 0.05) is 30.2 Å². The Bertz CT molecular complexity index is 675. The topological polar surface area (TPSA) is 74.7 Å². The number of carbonyl (C=O) groups is 3. The lowest BCUT2D eigenvalue weighted by Crippen LogP contribution is -2.31. The Morgan fingerprint density at radius 1 is 1.32 bits per heavy atom. The zero-order valence-electron chi connectivity index (χ0n) is 12.9. The van der Waals surface area contributed by atoms with E-state index in [2.05, 4.69) is 0 Å². The number of Topliss-reactive ketones (excluding diaryl/α,β-unsaturated/α-hetero) is 1. The number of hydrogen-bond acceptors (Lipinski definition) is 4. The standard InChI is InChI=1S/C17H19NO4/c1-10(9-19)4-6-14-15-8-13(11(2)20)5-7-16(15)18(12(3)21)17(14)22/h5-8,10,19H,4,9H2,1-3H3. The van der Waals surface area contributed by atoms with Crippen LogP contribution in [-0.2, 0) is 9.59 Å². The van der Waals surface area contributed by atoms with Gasteiger partial charge >= 0.3 is 0 Å². The summed E-state index contributed by atoms with van der Waals surface area (Å²) in [4.78, 5) is 36.9. The van der Waals surface area contributed by atoms with Gasteiger partial charge in [0.25, 0.3) is 5.91 Å². The molecule has 22 heavy (non-hydrogen) atoms. The number of hydrogen-bond donors (Lipinski definition) is 1. The highest BCUT2D eigenvalue weighted by atomic mass is 16.3. The number of ketones is 1. The first-order valence-corrected chi connectivity index (χ1v) is 7.18. The lowest BCUT2D eigenvalue weighted by molar-refractivity contribution is -0.122. The van der Waals surface area contributed by atoms with Crippen LogP contribution in [0.3, 0.4) is 0 Å². The minimum Gasteiger partial charge on any atom is -0.396 e. The molecule has 5 nitrogen and oxygen atoms in total. The average molecular weight is 301 g/mol. The van der Waals surface area contributed by atoms with Crippen molar-refractivity contribution in [1.82, 2.24) is 0 Å². The summed E-state index contributed by atoms with van der Waals surface area (Å²) in [5, 5.41) is 9.10. The highest BCUT2D eigenvalue weighted by Crippen LogP contribution is 2.38. The van der Waals surface area contributed by atoms with E-state index in [0.717, 1.165) is 4.90 Å². The van der Waals surface area contributed by atoms with Crippen molar-refractivity contribution in [1.29, 1.82) is 0 Å². The van der Waals surface area contributed by atoms with Crippen LogP contribution in [0.1, 0.15) is 43.1 Å². The highest BCUT2D eigenvalue weighted by molar-refractivity contribution is 6.39. The number of allylic oxidation sites excluding steroid dienone is 1. The van der Waals surface area contributed by atoms with Crippen LogP contribution in [-0.4, -0.2) is 29.3 Å². The molecule has 1 heterocycles. The van der Waals surface area contributed by atoms with Crippen LogP contribution in [0.15, 0.2) is 24.3 Å². The predicted molar refractivity (Wildman–Crippen MR) is 83.5 cm³/mol. The van der Waals surface area contributed by atoms with Gasteiger partial charge in [-0.1, -0.05) is 13.0 Å². The first-order chi connectivity index (χ1) is 10.4. The zero-order chi connectivity index (χ0) is 16.4. The van der Waals surface area contributed by atoms with Gasteiger partial charge in [-0.05, 0) is 37.5 Å². The minimum atomic E-state index is -0.381.